The highest BCUT2D eigenvalue weighted by molar-refractivity contribution is 6.05. The van der Waals surface area contributed by atoms with Gasteiger partial charge in [0.25, 0.3) is 0 Å². The summed E-state index contributed by atoms with van der Waals surface area (Å²) in [5.41, 5.74) is 2.34. The summed E-state index contributed by atoms with van der Waals surface area (Å²) in [5.74, 6) is -0.261. The van der Waals surface area contributed by atoms with E-state index < -0.39 is 10.8 Å². The highest BCUT2D eigenvalue weighted by atomic mass is 16.6. The molecular weight excluding hydrogens is 384 g/mol. The summed E-state index contributed by atoms with van der Waals surface area (Å²) < 4.78 is 1.38. The van der Waals surface area contributed by atoms with Gasteiger partial charge in [0.05, 0.1) is 13.0 Å². The van der Waals surface area contributed by atoms with Crippen molar-refractivity contribution in [2.24, 2.45) is 13.0 Å². The van der Waals surface area contributed by atoms with Crippen LogP contribution in [-0.4, -0.2) is 26.0 Å². The number of Topliss-reactive ketones (excluding diaryl/α,β-unsaturated/α-hetero) is 2. The molecule has 2 heterocycles. The molecular formula is C22H30N4O4. The fourth-order valence-corrected chi connectivity index (χ4v) is 4.80. The van der Waals surface area contributed by atoms with Crippen molar-refractivity contribution in [3.63, 3.8) is 0 Å². The Kier molecular flexibility index (Phi) is 6.53. The maximum absolute atomic E-state index is 13.5. The van der Waals surface area contributed by atoms with Crippen LogP contribution in [0, 0.1) is 16.0 Å². The minimum absolute atomic E-state index is 0.00328. The number of dihydropyridines is 1. The van der Waals surface area contributed by atoms with E-state index in [0.717, 1.165) is 25.7 Å². The van der Waals surface area contributed by atoms with Gasteiger partial charge >= 0.3 is 5.82 Å². The number of hydrogen-bond acceptors (Lipinski definition) is 6. The van der Waals surface area contributed by atoms with Crippen LogP contribution in [0.3, 0.4) is 0 Å². The van der Waals surface area contributed by atoms with E-state index in [9.17, 15) is 19.7 Å². The molecule has 8 nitrogen and oxygen atoms in total. The number of allylic oxidation sites excluding steroid dienone is 4. The molecule has 0 radical (unpaired) electrons. The third-order valence-electron chi connectivity index (χ3n) is 6.33. The highest BCUT2D eigenvalue weighted by Crippen LogP contribution is 2.41. The zero-order valence-electron chi connectivity index (χ0n) is 18.2. The Balaban J connectivity index is 2.08. The quantitative estimate of drug-likeness (QED) is 0.532. The number of carbonyl (C=O) groups excluding carboxylic acids is 2. The average Bonchev–Trinajstić information content (AvgIpc) is 3.08. The van der Waals surface area contributed by atoms with Crippen LogP contribution in [0.1, 0.15) is 77.5 Å². The summed E-state index contributed by atoms with van der Waals surface area (Å²) in [6.07, 6.45) is 7.48. The van der Waals surface area contributed by atoms with Crippen molar-refractivity contribution >= 4 is 17.4 Å². The number of imidazole rings is 1. The number of aromatic nitrogens is 2. The van der Waals surface area contributed by atoms with Crippen LogP contribution in [-0.2, 0) is 16.6 Å². The van der Waals surface area contributed by atoms with Crippen LogP contribution in [0.5, 0.6) is 0 Å². The number of carbonyl (C=O) groups is 2. The molecule has 2 aliphatic rings. The zero-order chi connectivity index (χ0) is 22.0. The number of hydrogen-bond donors (Lipinski definition) is 1. The van der Waals surface area contributed by atoms with Gasteiger partial charge in [0.2, 0.25) is 5.82 Å². The predicted molar refractivity (Wildman–Crippen MR) is 113 cm³/mol. The Bertz CT molecular complexity index is 935. The molecule has 0 amide bonds. The van der Waals surface area contributed by atoms with Crippen molar-refractivity contribution in [1.82, 2.24) is 14.9 Å². The lowest BCUT2D eigenvalue weighted by atomic mass is 9.77. The van der Waals surface area contributed by atoms with E-state index in [0.29, 0.717) is 40.7 Å². The van der Waals surface area contributed by atoms with E-state index in [2.05, 4.69) is 10.3 Å². The van der Waals surface area contributed by atoms with Gasteiger partial charge in [0, 0.05) is 35.4 Å². The Labute approximate surface area is 176 Å². The summed E-state index contributed by atoms with van der Waals surface area (Å²) in [4.78, 5) is 41.5. The van der Waals surface area contributed by atoms with Crippen LogP contribution in [0.15, 0.2) is 28.7 Å². The molecule has 1 saturated carbocycles. The van der Waals surface area contributed by atoms with Crippen molar-refractivity contribution in [1.29, 1.82) is 0 Å². The number of rotatable bonds is 7. The fourth-order valence-electron chi connectivity index (χ4n) is 4.80. The molecule has 1 fully saturated rings. The van der Waals surface area contributed by atoms with Gasteiger partial charge in [-0.1, -0.05) is 39.0 Å². The van der Waals surface area contributed by atoms with E-state index >= 15 is 0 Å². The smallest absolute Gasteiger partial charge is 0.342 e. The van der Waals surface area contributed by atoms with Gasteiger partial charge in [-0.05, 0) is 24.7 Å². The molecule has 1 aliphatic carbocycles. The van der Waals surface area contributed by atoms with Gasteiger partial charge in [-0.25, -0.2) is 9.55 Å². The molecule has 1 atom stereocenters. The second-order valence-corrected chi connectivity index (χ2v) is 8.33. The van der Waals surface area contributed by atoms with E-state index in [-0.39, 0.29) is 23.8 Å². The third-order valence-corrected chi connectivity index (χ3v) is 6.33. The lowest BCUT2D eigenvalue weighted by Crippen LogP contribution is -2.33. The molecule has 0 bridgehead atoms. The maximum atomic E-state index is 13.5. The first kappa shape index (κ1) is 21.9. The Morgan fingerprint density at radius 2 is 1.77 bits per heavy atom. The van der Waals surface area contributed by atoms with Gasteiger partial charge < -0.3 is 15.4 Å². The third kappa shape index (κ3) is 4.08. The second-order valence-electron chi connectivity index (χ2n) is 8.33. The Hall–Kier alpha value is -2.77. The van der Waals surface area contributed by atoms with Gasteiger partial charge in [-0.2, -0.15) is 0 Å². The number of nitro groups is 1. The SMILES string of the molecule is CCC(=O)C1=C(C)NC(C)=C(C(=O)CC2CCCCC2)C1c1ncc([N+](=O)[O-])n1C. The van der Waals surface area contributed by atoms with Crippen LogP contribution < -0.4 is 5.32 Å². The summed E-state index contributed by atoms with van der Waals surface area (Å²) in [6, 6.07) is 0. The molecule has 1 N–H and O–H groups in total. The standard InChI is InChI=1S/C22H30N4O4/c1-5-16(27)19-13(2)24-14(3)20(17(28)11-15-9-7-6-8-10-15)21(19)22-23-12-18(25(22)4)26(29)30/h12,15,21,24H,5-11H2,1-4H3. The van der Waals surface area contributed by atoms with Crippen molar-refractivity contribution in [3.05, 3.63) is 44.7 Å². The zero-order valence-corrected chi connectivity index (χ0v) is 18.2. The van der Waals surface area contributed by atoms with E-state index in [1.807, 2.05) is 6.92 Å². The molecule has 3 rings (SSSR count). The number of nitrogens with one attached hydrogen (secondary N) is 1. The average molecular weight is 415 g/mol. The summed E-state index contributed by atoms with van der Waals surface area (Å²) >= 11 is 0. The number of nitrogens with zero attached hydrogens (tertiary/aromatic N) is 3. The molecule has 8 heteroatoms. The fraction of sp³-hybridized carbons (Fsp3) is 0.591. The second kappa shape index (κ2) is 8.93. The van der Waals surface area contributed by atoms with E-state index in [1.165, 1.54) is 17.2 Å². The molecule has 1 aliphatic heterocycles. The molecule has 1 aromatic heterocycles. The number of ketones is 2. The van der Waals surface area contributed by atoms with Crippen LogP contribution in [0.25, 0.3) is 0 Å². The molecule has 0 saturated heterocycles. The highest BCUT2D eigenvalue weighted by Gasteiger charge is 2.41. The van der Waals surface area contributed by atoms with Crippen molar-refractivity contribution in [3.8, 4) is 0 Å². The van der Waals surface area contributed by atoms with Crippen molar-refractivity contribution in [2.75, 3.05) is 0 Å². The van der Waals surface area contributed by atoms with Gasteiger partial charge in [0.1, 0.15) is 6.20 Å². The van der Waals surface area contributed by atoms with Crippen LogP contribution >= 0.6 is 0 Å². The van der Waals surface area contributed by atoms with Gasteiger partial charge in [-0.15, -0.1) is 0 Å². The van der Waals surface area contributed by atoms with Gasteiger partial charge in [0.15, 0.2) is 11.6 Å². The lowest BCUT2D eigenvalue weighted by molar-refractivity contribution is -0.391. The Morgan fingerprint density at radius 3 is 2.30 bits per heavy atom. The topological polar surface area (TPSA) is 107 Å². The minimum Gasteiger partial charge on any atom is -0.362 e. The largest absolute Gasteiger partial charge is 0.362 e. The lowest BCUT2D eigenvalue weighted by Gasteiger charge is -2.30. The predicted octanol–water partition coefficient (Wildman–Crippen LogP) is 4.08. The molecule has 162 valence electrons. The molecule has 1 aromatic rings. The van der Waals surface area contributed by atoms with Crippen LogP contribution in [0.4, 0.5) is 5.82 Å². The van der Waals surface area contributed by atoms with Crippen LogP contribution in [0.2, 0.25) is 0 Å². The first-order valence-electron chi connectivity index (χ1n) is 10.7. The molecule has 30 heavy (non-hydrogen) atoms. The summed E-state index contributed by atoms with van der Waals surface area (Å²) in [7, 11) is 1.56. The molecule has 0 aromatic carbocycles. The molecule has 1 unspecified atom stereocenters. The van der Waals surface area contributed by atoms with E-state index in [4.69, 9.17) is 0 Å². The van der Waals surface area contributed by atoms with E-state index in [1.54, 1.807) is 20.9 Å². The van der Waals surface area contributed by atoms with Crippen molar-refractivity contribution in [2.45, 2.75) is 71.6 Å². The van der Waals surface area contributed by atoms with Gasteiger partial charge in [-0.3, -0.25) is 9.59 Å². The monoisotopic (exact) mass is 414 g/mol. The minimum atomic E-state index is -0.700. The molecule has 0 spiro atoms. The summed E-state index contributed by atoms with van der Waals surface area (Å²) in [6.45, 7) is 5.41. The normalized spacial score (nSPS) is 20.3. The first-order valence-corrected chi connectivity index (χ1v) is 10.7. The van der Waals surface area contributed by atoms with Crippen molar-refractivity contribution < 1.29 is 14.5 Å². The first-order chi connectivity index (χ1) is 14.3. The summed E-state index contributed by atoms with van der Waals surface area (Å²) in [5, 5.41) is 14.6. The Morgan fingerprint density at radius 1 is 1.17 bits per heavy atom. The maximum Gasteiger partial charge on any atom is 0.342 e.